The summed E-state index contributed by atoms with van der Waals surface area (Å²) in [6, 6.07) is 7.26. The van der Waals surface area contributed by atoms with Crippen LogP contribution in [0.3, 0.4) is 0 Å². The molecule has 0 saturated carbocycles. The summed E-state index contributed by atoms with van der Waals surface area (Å²) in [5.41, 5.74) is 0.442. The van der Waals surface area contributed by atoms with E-state index in [1.807, 2.05) is 19.9 Å². The number of carbonyl (C=O) groups is 1. The number of aromatic nitrogens is 2. The van der Waals surface area contributed by atoms with Crippen molar-refractivity contribution in [2.45, 2.75) is 26.4 Å². The van der Waals surface area contributed by atoms with Crippen molar-refractivity contribution in [1.82, 2.24) is 9.13 Å². The van der Waals surface area contributed by atoms with Gasteiger partial charge in [0.25, 0.3) is 0 Å². The van der Waals surface area contributed by atoms with Crippen molar-refractivity contribution in [3.05, 3.63) is 57.2 Å². The normalized spacial score (nSPS) is 10.9. The largest absolute Gasteiger partial charge is 0.328 e. The summed E-state index contributed by atoms with van der Waals surface area (Å²) in [4.78, 5) is 24.1. The van der Waals surface area contributed by atoms with E-state index in [9.17, 15) is 9.59 Å². The van der Waals surface area contributed by atoms with Crippen molar-refractivity contribution in [2.75, 3.05) is 0 Å². The van der Waals surface area contributed by atoms with Gasteiger partial charge in [0, 0.05) is 28.5 Å². The average molecular weight is 323 g/mol. The second-order valence-corrected chi connectivity index (χ2v) is 5.56. The molecular weight excluding hydrogens is 308 g/mol. The van der Waals surface area contributed by atoms with Crippen LogP contribution in [0.15, 0.2) is 45.9 Å². The smallest absolute Gasteiger partial charge is 0.297 e. The molecule has 1 aromatic heterocycles. The number of Topliss-reactive ketones (excluding diaryl/α,β-unsaturated/α-hetero) is 1. The van der Waals surface area contributed by atoms with E-state index in [4.69, 9.17) is 0 Å². The molecule has 0 aliphatic carbocycles. The highest BCUT2D eigenvalue weighted by molar-refractivity contribution is 9.10. The highest BCUT2D eigenvalue weighted by Gasteiger charge is 2.11. The Morgan fingerprint density at radius 3 is 2.63 bits per heavy atom. The monoisotopic (exact) mass is 322 g/mol. The van der Waals surface area contributed by atoms with Crippen LogP contribution in [0, 0.1) is 0 Å². The summed E-state index contributed by atoms with van der Waals surface area (Å²) in [5.74, 6) is -0.0788. The number of imidazole rings is 1. The van der Waals surface area contributed by atoms with Crippen LogP contribution in [0.1, 0.15) is 30.2 Å². The zero-order valence-corrected chi connectivity index (χ0v) is 12.4. The molecule has 0 N–H and O–H groups in total. The maximum Gasteiger partial charge on any atom is 0.328 e. The van der Waals surface area contributed by atoms with Crippen molar-refractivity contribution in [1.29, 1.82) is 0 Å². The Balaban J connectivity index is 2.22. The average Bonchev–Trinajstić information content (AvgIpc) is 2.71. The highest BCUT2D eigenvalue weighted by atomic mass is 79.9. The van der Waals surface area contributed by atoms with Crippen LogP contribution in [-0.4, -0.2) is 14.9 Å². The van der Waals surface area contributed by atoms with Crippen LogP contribution >= 0.6 is 15.9 Å². The third kappa shape index (κ3) is 3.04. The Morgan fingerprint density at radius 2 is 2.05 bits per heavy atom. The Hall–Kier alpha value is -1.62. The zero-order chi connectivity index (χ0) is 14.0. The van der Waals surface area contributed by atoms with Gasteiger partial charge >= 0.3 is 5.69 Å². The van der Waals surface area contributed by atoms with Crippen molar-refractivity contribution < 1.29 is 4.79 Å². The summed E-state index contributed by atoms with van der Waals surface area (Å²) >= 11 is 3.33. The molecule has 0 fully saturated rings. The molecule has 19 heavy (non-hydrogen) atoms. The molecule has 1 heterocycles. The van der Waals surface area contributed by atoms with Crippen molar-refractivity contribution in [3.63, 3.8) is 0 Å². The molecule has 0 atom stereocenters. The first-order chi connectivity index (χ1) is 8.99. The van der Waals surface area contributed by atoms with Gasteiger partial charge in [0.2, 0.25) is 0 Å². The van der Waals surface area contributed by atoms with Crippen LogP contribution < -0.4 is 5.69 Å². The van der Waals surface area contributed by atoms with Gasteiger partial charge in [-0.05, 0) is 26.0 Å². The molecule has 2 rings (SSSR count). The lowest BCUT2D eigenvalue weighted by atomic mass is 10.1. The van der Waals surface area contributed by atoms with Gasteiger partial charge in [-0.3, -0.25) is 13.9 Å². The second kappa shape index (κ2) is 5.57. The summed E-state index contributed by atoms with van der Waals surface area (Å²) in [5, 5.41) is 0. The number of benzene rings is 1. The minimum atomic E-state index is -0.154. The van der Waals surface area contributed by atoms with Gasteiger partial charge in [0.05, 0.1) is 6.54 Å². The molecule has 0 bridgehead atoms. The molecule has 0 spiro atoms. The number of nitrogens with zero attached hydrogens (tertiary/aromatic N) is 2. The first-order valence-electron chi connectivity index (χ1n) is 6.05. The number of hydrogen-bond acceptors (Lipinski definition) is 2. The Morgan fingerprint density at radius 1 is 1.32 bits per heavy atom. The molecule has 5 heteroatoms. The molecule has 0 amide bonds. The fourth-order valence-corrected chi connectivity index (χ4v) is 2.25. The first kappa shape index (κ1) is 13.8. The van der Waals surface area contributed by atoms with Gasteiger partial charge in [-0.15, -0.1) is 0 Å². The fraction of sp³-hybridized carbons (Fsp3) is 0.286. The van der Waals surface area contributed by atoms with Crippen molar-refractivity contribution in [3.8, 4) is 0 Å². The summed E-state index contributed by atoms with van der Waals surface area (Å²) in [6.45, 7) is 3.93. The molecule has 0 radical (unpaired) electrons. The molecule has 0 aliphatic heterocycles. The predicted octanol–water partition coefficient (Wildman–Crippen LogP) is 2.88. The second-order valence-electron chi connectivity index (χ2n) is 4.64. The quantitative estimate of drug-likeness (QED) is 0.812. The molecule has 100 valence electrons. The number of ketones is 1. The maximum absolute atomic E-state index is 12.1. The summed E-state index contributed by atoms with van der Waals surface area (Å²) in [7, 11) is 0. The van der Waals surface area contributed by atoms with E-state index in [2.05, 4.69) is 15.9 Å². The van der Waals surface area contributed by atoms with E-state index in [0.717, 1.165) is 4.47 Å². The number of halogens is 1. The lowest BCUT2D eigenvalue weighted by Gasteiger charge is -2.05. The zero-order valence-electron chi connectivity index (χ0n) is 10.8. The number of rotatable bonds is 4. The highest BCUT2D eigenvalue weighted by Crippen LogP contribution is 2.12. The predicted molar refractivity (Wildman–Crippen MR) is 77.5 cm³/mol. The Bertz CT molecular complexity index is 655. The standard InChI is InChI=1S/C14H15BrN2O2/c1-10(2)17-7-6-16(14(17)19)9-13(18)11-4-3-5-12(15)8-11/h3-8,10H,9H2,1-2H3. The van der Waals surface area contributed by atoms with E-state index in [1.54, 1.807) is 35.2 Å². The Labute approximate surface area is 119 Å². The van der Waals surface area contributed by atoms with Crippen molar-refractivity contribution in [2.24, 2.45) is 0 Å². The van der Waals surface area contributed by atoms with Crippen LogP contribution in [0.2, 0.25) is 0 Å². The summed E-state index contributed by atoms with van der Waals surface area (Å²) in [6.07, 6.45) is 3.36. The van der Waals surface area contributed by atoms with Gasteiger partial charge in [-0.1, -0.05) is 28.1 Å². The van der Waals surface area contributed by atoms with E-state index in [-0.39, 0.29) is 24.1 Å². The van der Waals surface area contributed by atoms with Crippen LogP contribution in [0.5, 0.6) is 0 Å². The lowest BCUT2D eigenvalue weighted by Crippen LogP contribution is -2.27. The molecular formula is C14H15BrN2O2. The minimum Gasteiger partial charge on any atom is -0.297 e. The molecule has 2 aromatic rings. The SMILES string of the molecule is CC(C)n1ccn(CC(=O)c2cccc(Br)c2)c1=O. The van der Waals surface area contributed by atoms with Gasteiger partial charge in [-0.2, -0.15) is 0 Å². The summed E-state index contributed by atoms with van der Waals surface area (Å²) < 4.78 is 3.89. The van der Waals surface area contributed by atoms with Gasteiger partial charge in [-0.25, -0.2) is 4.79 Å². The molecule has 1 aromatic carbocycles. The van der Waals surface area contributed by atoms with Crippen LogP contribution in [0.25, 0.3) is 0 Å². The first-order valence-corrected chi connectivity index (χ1v) is 6.84. The molecule has 0 saturated heterocycles. The van der Waals surface area contributed by atoms with Gasteiger partial charge in [0.15, 0.2) is 5.78 Å². The topological polar surface area (TPSA) is 44.0 Å². The maximum atomic E-state index is 12.1. The van der Waals surface area contributed by atoms with E-state index < -0.39 is 0 Å². The molecule has 0 aliphatic rings. The van der Waals surface area contributed by atoms with Gasteiger partial charge in [0.1, 0.15) is 0 Å². The molecule has 0 unspecified atom stereocenters. The number of carbonyl (C=O) groups excluding carboxylic acids is 1. The van der Waals surface area contributed by atoms with E-state index in [1.165, 1.54) is 4.57 Å². The third-order valence-corrected chi connectivity index (χ3v) is 3.38. The van der Waals surface area contributed by atoms with Crippen LogP contribution in [-0.2, 0) is 6.54 Å². The van der Waals surface area contributed by atoms with Gasteiger partial charge < -0.3 is 0 Å². The van der Waals surface area contributed by atoms with Crippen molar-refractivity contribution >= 4 is 21.7 Å². The third-order valence-electron chi connectivity index (χ3n) is 2.89. The van der Waals surface area contributed by atoms with E-state index in [0.29, 0.717) is 5.56 Å². The number of hydrogen-bond donors (Lipinski definition) is 0. The Kier molecular flexibility index (Phi) is 4.04. The minimum absolute atomic E-state index is 0.0645. The molecule has 4 nitrogen and oxygen atoms in total. The fourth-order valence-electron chi connectivity index (χ4n) is 1.85. The lowest BCUT2D eigenvalue weighted by molar-refractivity contribution is 0.0970. The van der Waals surface area contributed by atoms with Crippen LogP contribution in [0.4, 0.5) is 0 Å². The van der Waals surface area contributed by atoms with E-state index >= 15 is 0 Å².